The van der Waals surface area contributed by atoms with Crippen molar-refractivity contribution in [3.63, 3.8) is 0 Å². The fourth-order valence-corrected chi connectivity index (χ4v) is 3.06. The lowest BCUT2D eigenvalue weighted by Gasteiger charge is -2.26. The summed E-state index contributed by atoms with van der Waals surface area (Å²) in [6.45, 7) is 3.01. The van der Waals surface area contributed by atoms with Gasteiger partial charge in [-0.1, -0.05) is 6.07 Å². The van der Waals surface area contributed by atoms with E-state index in [2.05, 4.69) is 26.1 Å². The largest absolute Gasteiger partial charge is 0.329 e. The summed E-state index contributed by atoms with van der Waals surface area (Å²) in [5.74, 6) is 0.667. The summed E-state index contributed by atoms with van der Waals surface area (Å²) in [6, 6.07) is 6.21. The fraction of sp³-hybridized carbons (Fsp3) is 0.533. The average Bonchev–Trinajstić information content (AvgIpc) is 3.18. The summed E-state index contributed by atoms with van der Waals surface area (Å²) in [6.07, 6.45) is 2.47. The molecule has 1 saturated carbocycles. The van der Waals surface area contributed by atoms with Crippen molar-refractivity contribution in [2.45, 2.75) is 25.8 Å². The summed E-state index contributed by atoms with van der Waals surface area (Å²) in [5.41, 5.74) is 7.77. The molecule has 1 unspecified atom stereocenters. The molecule has 1 fully saturated rings. The van der Waals surface area contributed by atoms with Crippen molar-refractivity contribution in [1.82, 2.24) is 4.90 Å². The molecule has 0 radical (unpaired) electrons. The molecule has 2 rings (SSSR count). The maximum absolute atomic E-state index is 12.1. The van der Waals surface area contributed by atoms with Gasteiger partial charge in [0, 0.05) is 17.1 Å². The van der Waals surface area contributed by atoms with Gasteiger partial charge >= 0.3 is 0 Å². The van der Waals surface area contributed by atoms with Crippen LogP contribution in [0.2, 0.25) is 0 Å². The molecule has 0 heterocycles. The smallest absolute Gasteiger partial charge is 0.238 e. The average molecular weight is 377 g/mol. The highest BCUT2D eigenvalue weighted by Gasteiger charge is 2.33. The van der Waals surface area contributed by atoms with Crippen LogP contribution in [0.1, 0.15) is 18.4 Å². The molecule has 6 heteroatoms. The van der Waals surface area contributed by atoms with E-state index in [0.29, 0.717) is 25.0 Å². The Balaban J connectivity index is 0.00000220. The van der Waals surface area contributed by atoms with Crippen molar-refractivity contribution >= 4 is 39.9 Å². The van der Waals surface area contributed by atoms with Gasteiger partial charge in [-0.25, -0.2) is 0 Å². The van der Waals surface area contributed by atoms with Crippen molar-refractivity contribution in [1.29, 1.82) is 0 Å². The van der Waals surface area contributed by atoms with Crippen LogP contribution in [0.25, 0.3) is 0 Å². The number of amides is 1. The molecule has 1 atom stereocenters. The fourth-order valence-electron chi connectivity index (χ4n) is 2.47. The zero-order chi connectivity index (χ0) is 14.7. The topological polar surface area (TPSA) is 58.4 Å². The number of halogens is 2. The molecule has 0 aromatic heterocycles. The van der Waals surface area contributed by atoms with Crippen LogP contribution in [0.5, 0.6) is 0 Å². The minimum atomic E-state index is -0.00356. The summed E-state index contributed by atoms with van der Waals surface area (Å²) in [5, 5.41) is 2.94. The van der Waals surface area contributed by atoms with Gasteiger partial charge in [0.05, 0.1) is 12.2 Å². The first-order chi connectivity index (χ1) is 9.51. The zero-order valence-electron chi connectivity index (χ0n) is 12.4. The lowest BCUT2D eigenvalue weighted by Crippen LogP contribution is -2.43. The summed E-state index contributed by atoms with van der Waals surface area (Å²) < 4.78 is 0.908. The van der Waals surface area contributed by atoms with Crippen LogP contribution in [0, 0.1) is 12.8 Å². The Kier molecular flexibility index (Phi) is 7.13. The van der Waals surface area contributed by atoms with Crippen molar-refractivity contribution in [3.8, 4) is 0 Å². The molecule has 0 bridgehead atoms. The number of aryl methyl sites for hydroxylation is 1. The van der Waals surface area contributed by atoms with Gasteiger partial charge in [-0.15, -0.1) is 12.4 Å². The van der Waals surface area contributed by atoms with E-state index < -0.39 is 0 Å². The Bertz CT molecular complexity index is 494. The van der Waals surface area contributed by atoms with Crippen molar-refractivity contribution in [2.75, 3.05) is 25.5 Å². The van der Waals surface area contributed by atoms with Gasteiger partial charge in [0.15, 0.2) is 0 Å². The number of hydrogen-bond acceptors (Lipinski definition) is 3. The van der Waals surface area contributed by atoms with Crippen molar-refractivity contribution < 1.29 is 4.79 Å². The minimum absolute atomic E-state index is 0. The first-order valence-corrected chi connectivity index (χ1v) is 7.77. The molecule has 3 N–H and O–H groups in total. The number of nitrogens with zero attached hydrogens (tertiary/aromatic N) is 1. The molecule has 0 aliphatic heterocycles. The minimum Gasteiger partial charge on any atom is -0.329 e. The van der Waals surface area contributed by atoms with E-state index in [9.17, 15) is 4.79 Å². The molecule has 0 spiro atoms. The third-order valence-corrected chi connectivity index (χ3v) is 4.42. The summed E-state index contributed by atoms with van der Waals surface area (Å²) in [7, 11) is 1.97. The van der Waals surface area contributed by atoms with Crippen LogP contribution in [-0.2, 0) is 4.79 Å². The maximum atomic E-state index is 12.1. The van der Waals surface area contributed by atoms with E-state index in [4.69, 9.17) is 5.73 Å². The number of likely N-dealkylation sites (N-methyl/N-ethyl adjacent to an activating group) is 1. The van der Waals surface area contributed by atoms with E-state index in [0.717, 1.165) is 15.7 Å². The van der Waals surface area contributed by atoms with Gasteiger partial charge in [-0.05, 0) is 66.4 Å². The SMILES string of the molecule is Cc1ccc(NC(=O)CN(C)C(CN)C2CC2)c(Br)c1.Cl. The molecular formula is C15H23BrClN3O. The number of nitrogens with one attached hydrogen (secondary N) is 1. The quantitative estimate of drug-likeness (QED) is 0.802. The lowest BCUT2D eigenvalue weighted by atomic mass is 10.1. The number of anilines is 1. The predicted octanol–water partition coefficient (Wildman–Crippen LogP) is 2.79. The second kappa shape index (κ2) is 8.13. The number of nitrogens with two attached hydrogens (primary N) is 1. The number of hydrogen-bond donors (Lipinski definition) is 2. The van der Waals surface area contributed by atoms with Gasteiger partial charge in [-0.3, -0.25) is 9.69 Å². The molecule has 0 saturated heterocycles. The normalized spacial score (nSPS) is 15.5. The molecule has 21 heavy (non-hydrogen) atoms. The molecule has 4 nitrogen and oxygen atoms in total. The van der Waals surface area contributed by atoms with Gasteiger partial charge in [-0.2, -0.15) is 0 Å². The Morgan fingerprint density at radius 3 is 2.71 bits per heavy atom. The lowest BCUT2D eigenvalue weighted by molar-refractivity contribution is -0.117. The number of carbonyl (C=O) groups is 1. The van der Waals surface area contributed by atoms with E-state index >= 15 is 0 Å². The van der Waals surface area contributed by atoms with Gasteiger partial charge in [0.25, 0.3) is 0 Å². The number of carbonyl (C=O) groups excluding carboxylic acids is 1. The third-order valence-electron chi connectivity index (χ3n) is 3.77. The Morgan fingerprint density at radius 1 is 1.52 bits per heavy atom. The molecule has 1 amide bonds. The Labute approximate surface area is 141 Å². The van der Waals surface area contributed by atoms with Crippen LogP contribution >= 0.6 is 28.3 Å². The van der Waals surface area contributed by atoms with Crippen LogP contribution in [0.4, 0.5) is 5.69 Å². The third kappa shape index (κ3) is 5.25. The second-order valence-corrected chi connectivity index (χ2v) is 6.44. The van der Waals surface area contributed by atoms with Crippen LogP contribution in [0.15, 0.2) is 22.7 Å². The molecule has 1 aliphatic carbocycles. The summed E-state index contributed by atoms with van der Waals surface area (Å²) >= 11 is 3.47. The van der Waals surface area contributed by atoms with Gasteiger partial charge < -0.3 is 11.1 Å². The maximum Gasteiger partial charge on any atom is 0.238 e. The van der Waals surface area contributed by atoms with E-state index in [-0.39, 0.29) is 18.3 Å². The first-order valence-electron chi connectivity index (χ1n) is 6.97. The number of benzene rings is 1. The predicted molar refractivity (Wildman–Crippen MR) is 93.0 cm³/mol. The highest BCUT2D eigenvalue weighted by molar-refractivity contribution is 9.10. The van der Waals surface area contributed by atoms with Crippen molar-refractivity contribution in [3.05, 3.63) is 28.2 Å². The highest BCUT2D eigenvalue weighted by atomic mass is 79.9. The van der Waals surface area contributed by atoms with Gasteiger partial charge in [0.1, 0.15) is 0 Å². The highest BCUT2D eigenvalue weighted by Crippen LogP contribution is 2.34. The Hall–Kier alpha value is -0.620. The van der Waals surface area contributed by atoms with Crippen molar-refractivity contribution in [2.24, 2.45) is 11.7 Å². The van der Waals surface area contributed by atoms with E-state index in [1.807, 2.05) is 32.2 Å². The van der Waals surface area contributed by atoms with E-state index in [1.165, 1.54) is 12.8 Å². The van der Waals surface area contributed by atoms with Crippen LogP contribution < -0.4 is 11.1 Å². The molecule has 1 aromatic carbocycles. The zero-order valence-corrected chi connectivity index (χ0v) is 14.8. The summed E-state index contributed by atoms with van der Waals surface area (Å²) in [4.78, 5) is 14.2. The molecule has 1 aliphatic rings. The second-order valence-electron chi connectivity index (χ2n) is 5.59. The standard InChI is InChI=1S/C15H22BrN3O.ClH/c1-10-3-6-13(12(16)7-10)18-15(20)9-19(2)14(8-17)11-4-5-11;/h3,6-7,11,14H,4-5,8-9,17H2,1-2H3,(H,18,20);1H. The Morgan fingerprint density at radius 2 is 2.19 bits per heavy atom. The number of rotatable bonds is 6. The first kappa shape index (κ1) is 18.4. The van der Waals surface area contributed by atoms with E-state index in [1.54, 1.807) is 0 Å². The molecular weight excluding hydrogens is 354 g/mol. The monoisotopic (exact) mass is 375 g/mol. The van der Waals surface area contributed by atoms with Gasteiger partial charge in [0.2, 0.25) is 5.91 Å². The molecule has 118 valence electrons. The van der Waals surface area contributed by atoms with Crippen LogP contribution in [-0.4, -0.2) is 37.0 Å². The molecule has 1 aromatic rings. The van der Waals surface area contributed by atoms with Crippen LogP contribution in [0.3, 0.4) is 0 Å².